The number of hydrogen-bond donors (Lipinski definition) is 3. The first-order valence-corrected chi connectivity index (χ1v) is 5.07. The van der Waals surface area contributed by atoms with Crippen molar-refractivity contribution < 1.29 is 8.42 Å². The molecular formula is C4H12N2O2S2. The number of primary sulfonamides is 1. The molecular weight excluding hydrogens is 172 g/mol. The predicted molar refractivity (Wildman–Crippen MR) is 44.4 cm³/mol. The number of hydrogen-bond acceptors (Lipinski definition) is 4. The summed E-state index contributed by atoms with van der Waals surface area (Å²) in [6.07, 6.45) is 0. The number of nitrogens with two attached hydrogens (primary N) is 1. The molecule has 0 rings (SSSR count). The van der Waals surface area contributed by atoms with Gasteiger partial charge in [-0.05, 0) is 6.92 Å². The maximum atomic E-state index is 10.3. The molecule has 0 aromatic rings. The molecule has 0 amide bonds. The lowest BCUT2D eigenvalue weighted by Gasteiger charge is -2.04. The molecule has 0 aromatic heterocycles. The van der Waals surface area contributed by atoms with Gasteiger partial charge in [0.1, 0.15) is 0 Å². The van der Waals surface area contributed by atoms with Gasteiger partial charge < -0.3 is 5.32 Å². The molecule has 1 unspecified atom stereocenters. The third-order valence-corrected chi connectivity index (χ3v) is 1.78. The highest BCUT2D eigenvalue weighted by Crippen LogP contribution is 1.84. The van der Waals surface area contributed by atoms with Crippen molar-refractivity contribution in [3.05, 3.63) is 0 Å². The van der Waals surface area contributed by atoms with Crippen LogP contribution in [0.15, 0.2) is 0 Å². The van der Waals surface area contributed by atoms with E-state index in [-0.39, 0.29) is 11.1 Å². The predicted octanol–water partition coefficient (Wildman–Crippen LogP) is -0.860. The topological polar surface area (TPSA) is 72.2 Å². The fourth-order valence-electron chi connectivity index (χ4n) is 0.410. The Morgan fingerprint density at radius 3 is 2.50 bits per heavy atom. The van der Waals surface area contributed by atoms with Crippen LogP contribution < -0.4 is 10.5 Å². The Bertz CT molecular complexity index is 176. The summed E-state index contributed by atoms with van der Waals surface area (Å²) in [4.78, 5) is 0. The quantitative estimate of drug-likeness (QED) is 0.393. The van der Waals surface area contributed by atoms with E-state index in [1.54, 1.807) is 0 Å². The van der Waals surface area contributed by atoms with Crippen molar-refractivity contribution in [1.82, 2.24) is 5.32 Å². The lowest BCUT2D eigenvalue weighted by atomic mass is 10.6. The Hall–Kier alpha value is 0.220. The molecule has 0 aliphatic heterocycles. The first-order chi connectivity index (χ1) is 4.42. The molecule has 0 heterocycles. The molecule has 0 saturated carbocycles. The zero-order valence-corrected chi connectivity index (χ0v) is 7.45. The van der Waals surface area contributed by atoms with Crippen molar-refractivity contribution in [2.75, 3.05) is 12.3 Å². The third kappa shape index (κ3) is 8.22. The molecule has 6 heteroatoms. The van der Waals surface area contributed by atoms with Gasteiger partial charge in [-0.2, -0.15) is 12.6 Å². The Morgan fingerprint density at radius 1 is 1.70 bits per heavy atom. The Morgan fingerprint density at radius 2 is 2.20 bits per heavy atom. The van der Waals surface area contributed by atoms with Crippen molar-refractivity contribution in [1.29, 1.82) is 0 Å². The Kier molecular flexibility index (Phi) is 4.26. The minimum atomic E-state index is -3.32. The minimum absolute atomic E-state index is 0.00162. The van der Waals surface area contributed by atoms with Crippen molar-refractivity contribution in [2.24, 2.45) is 5.14 Å². The summed E-state index contributed by atoms with van der Waals surface area (Å²) < 4.78 is 20.7. The fourth-order valence-corrected chi connectivity index (χ4v) is 0.942. The summed E-state index contributed by atoms with van der Waals surface area (Å²) >= 11 is 3.98. The van der Waals surface area contributed by atoms with Crippen LogP contribution in [0.3, 0.4) is 0 Å². The number of rotatable bonds is 4. The monoisotopic (exact) mass is 184 g/mol. The van der Waals surface area contributed by atoms with Crippen LogP contribution in [0.4, 0.5) is 0 Å². The maximum Gasteiger partial charge on any atom is 0.210 e. The van der Waals surface area contributed by atoms with Gasteiger partial charge in [0.25, 0.3) is 0 Å². The van der Waals surface area contributed by atoms with Crippen LogP contribution in [-0.2, 0) is 10.0 Å². The molecule has 3 N–H and O–H groups in total. The largest absolute Gasteiger partial charge is 0.305 e. The molecule has 0 radical (unpaired) electrons. The maximum absolute atomic E-state index is 10.3. The van der Waals surface area contributed by atoms with E-state index in [1.165, 1.54) is 0 Å². The van der Waals surface area contributed by atoms with Gasteiger partial charge >= 0.3 is 0 Å². The van der Waals surface area contributed by atoms with Gasteiger partial charge in [-0.3, -0.25) is 0 Å². The molecule has 4 nitrogen and oxygen atoms in total. The van der Waals surface area contributed by atoms with E-state index in [1.807, 2.05) is 6.92 Å². The van der Waals surface area contributed by atoms with Gasteiger partial charge in [0.2, 0.25) is 10.0 Å². The second kappa shape index (κ2) is 4.17. The molecule has 62 valence electrons. The van der Waals surface area contributed by atoms with E-state index in [9.17, 15) is 8.42 Å². The van der Waals surface area contributed by atoms with E-state index >= 15 is 0 Å². The minimum Gasteiger partial charge on any atom is -0.305 e. The standard InChI is InChI=1S/C4H12N2O2S2/c1-4(9)6-2-3-10(5,7)8/h4,6,9H,2-3H2,1H3,(H2,5,7,8). The van der Waals surface area contributed by atoms with Crippen LogP contribution >= 0.6 is 12.6 Å². The number of nitrogens with one attached hydrogen (secondary N) is 1. The first-order valence-electron chi connectivity index (χ1n) is 2.84. The van der Waals surface area contributed by atoms with Gasteiger partial charge in [0.05, 0.1) is 5.75 Å². The van der Waals surface area contributed by atoms with Crippen molar-refractivity contribution in [2.45, 2.75) is 12.3 Å². The second-order valence-electron chi connectivity index (χ2n) is 2.00. The molecule has 0 bridgehead atoms. The van der Waals surface area contributed by atoms with E-state index < -0.39 is 10.0 Å². The van der Waals surface area contributed by atoms with Crippen molar-refractivity contribution >= 4 is 22.7 Å². The molecule has 1 atom stereocenters. The Labute approximate surface area is 66.6 Å². The summed E-state index contributed by atoms with van der Waals surface area (Å²) in [6, 6.07) is 0. The summed E-state index contributed by atoms with van der Waals surface area (Å²) in [5.74, 6) is -0.0438. The normalized spacial score (nSPS) is 15.1. The SMILES string of the molecule is CC(S)NCCS(N)(=O)=O. The molecule has 0 saturated heterocycles. The zero-order valence-electron chi connectivity index (χ0n) is 5.74. The van der Waals surface area contributed by atoms with Gasteiger partial charge in [-0.1, -0.05) is 0 Å². The van der Waals surface area contributed by atoms with Crippen LogP contribution in [0.1, 0.15) is 6.92 Å². The van der Waals surface area contributed by atoms with E-state index in [2.05, 4.69) is 17.9 Å². The van der Waals surface area contributed by atoms with Crippen LogP contribution in [0.2, 0.25) is 0 Å². The first kappa shape index (κ1) is 10.2. The van der Waals surface area contributed by atoms with Crippen molar-refractivity contribution in [3.8, 4) is 0 Å². The third-order valence-electron chi connectivity index (χ3n) is 0.826. The van der Waals surface area contributed by atoms with E-state index in [0.717, 1.165) is 0 Å². The molecule has 10 heavy (non-hydrogen) atoms. The highest BCUT2D eigenvalue weighted by molar-refractivity contribution is 7.89. The highest BCUT2D eigenvalue weighted by Gasteiger charge is 2.01. The number of thiol groups is 1. The van der Waals surface area contributed by atoms with Crippen LogP contribution in [0, 0.1) is 0 Å². The summed E-state index contributed by atoms with van der Waals surface area (Å²) in [5, 5.41) is 7.54. The molecule has 0 aromatic carbocycles. The van der Waals surface area contributed by atoms with Gasteiger partial charge in [-0.25, -0.2) is 13.6 Å². The van der Waals surface area contributed by atoms with E-state index in [0.29, 0.717) is 6.54 Å². The summed E-state index contributed by atoms with van der Waals surface area (Å²) in [6.45, 7) is 2.16. The average molecular weight is 184 g/mol. The van der Waals surface area contributed by atoms with E-state index in [4.69, 9.17) is 5.14 Å². The summed E-state index contributed by atoms with van der Waals surface area (Å²) in [5.41, 5.74) is 0. The Balaban J connectivity index is 3.39. The van der Waals surface area contributed by atoms with Crippen LogP contribution in [0.25, 0.3) is 0 Å². The molecule has 0 aliphatic carbocycles. The smallest absolute Gasteiger partial charge is 0.210 e. The summed E-state index contributed by atoms with van der Waals surface area (Å²) in [7, 11) is -3.32. The van der Waals surface area contributed by atoms with Gasteiger partial charge in [-0.15, -0.1) is 0 Å². The average Bonchev–Trinajstić information content (AvgIpc) is 1.59. The van der Waals surface area contributed by atoms with Gasteiger partial charge in [0.15, 0.2) is 0 Å². The highest BCUT2D eigenvalue weighted by atomic mass is 32.2. The zero-order chi connectivity index (χ0) is 8.20. The molecule has 0 fully saturated rings. The van der Waals surface area contributed by atoms with Gasteiger partial charge in [0, 0.05) is 11.9 Å². The van der Waals surface area contributed by atoms with Crippen LogP contribution in [0.5, 0.6) is 0 Å². The fraction of sp³-hybridized carbons (Fsp3) is 1.00. The lowest BCUT2D eigenvalue weighted by molar-refractivity contribution is 0.592. The molecule has 0 spiro atoms. The van der Waals surface area contributed by atoms with Crippen molar-refractivity contribution in [3.63, 3.8) is 0 Å². The second-order valence-corrected chi connectivity index (χ2v) is 4.51. The molecule has 0 aliphatic rings. The van der Waals surface area contributed by atoms with Crippen LogP contribution in [-0.4, -0.2) is 26.1 Å². The lowest BCUT2D eigenvalue weighted by Crippen LogP contribution is -2.30. The number of sulfonamides is 1.